The lowest BCUT2D eigenvalue weighted by Gasteiger charge is -2.24. The Hall–Kier alpha value is -2.99. The number of hydrogen-bond donors (Lipinski definition) is 2. The molecule has 1 fully saturated rings. The van der Waals surface area contributed by atoms with Gasteiger partial charge in [0.2, 0.25) is 0 Å². The molecule has 1 saturated heterocycles. The smallest absolute Gasteiger partial charge is 0.271 e. The summed E-state index contributed by atoms with van der Waals surface area (Å²) >= 11 is 0. The normalized spacial score (nSPS) is 16.8. The minimum atomic E-state index is -0.179. The van der Waals surface area contributed by atoms with Crippen molar-refractivity contribution >= 4 is 22.7 Å². The van der Waals surface area contributed by atoms with E-state index in [2.05, 4.69) is 57.3 Å². The number of nitrogens with zero attached hydrogens (tertiary/aromatic N) is 3. The van der Waals surface area contributed by atoms with Gasteiger partial charge in [0.1, 0.15) is 12.4 Å². The number of carbonyl (C=O) groups is 1. The van der Waals surface area contributed by atoms with Crippen LogP contribution >= 0.6 is 0 Å². The number of benzene rings is 2. The molecule has 2 heterocycles. The van der Waals surface area contributed by atoms with Gasteiger partial charge in [-0.2, -0.15) is 5.10 Å². The average molecular weight is 391 g/mol. The lowest BCUT2D eigenvalue weighted by Crippen LogP contribution is -3.11. The van der Waals surface area contributed by atoms with Crippen LogP contribution in [0.25, 0.3) is 11.0 Å². The molecule has 0 bridgehead atoms. The molecule has 1 amide bonds. The molecule has 0 spiro atoms. The van der Waals surface area contributed by atoms with Crippen LogP contribution in [-0.4, -0.2) is 34.3 Å². The molecule has 1 aliphatic rings. The fraction of sp³-hybridized carbons (Fsp3) is 0.348. The molecule has 0 saturated carbocycles. The van der Waals surface area contributed by atoms with Crippen molar-refractivity contribution in [3.63, 3.8) is 0 Å². The van der Waals surface area contributed by atoms with Gasteiger partial charge in [-0.25, -0.2) is 10.4 Å². The van der Waals surface area contributed by atoms with E-state index in [9.17, 15) is 4.79 Å². The molecule has 29 heavy (non-hydrogen) atoms. The monoisotopic (exact) mass is 390 g/mol. The van der Waals surface area contributed by atoms with E-state index in [0.717, 1.165) is 61.6 Å². The highest BCUT2D eigenvalue weighted by Gasteiger charge is 2.19. The number of amides is 1. The van der Waals surface area contributed by atoms with E-state index in [-0.39, 0.29) is 5.91 Å². The number of quaternary nitrogens is 1. The third-order valence-corrected chi connectivity index (χ3v) is 5.66. The van der Waals surface area contributed by atoms with Crippen LogP contribution in [0.15, 0.2) is 53.6 Å². The molecule has 2 N–H and O–H groups in total. The Labute approximate surface area is 171 Å². The second kappa shape index (κ2) is 8.57. The Morgan fingerprint density at radius 1 is 1.17 bits per heavy atom. The second-order valence-corrected chi connectivity index (χ2v) is 7.64. The van der Waals surface area contributed by atoms with Gasteiger partial charge in [0, 0.05) is 36.2 Å². The van der Waals surface area contributed by atoms with E-state index >= 15 is 0 Å². The van der Waals surface area contributed by atoms with Crippen molar-refractivity contribution in [2.45, 2.75) is 39.8 Å². The van der Waals surface area contributed by atoms with Gasteiger partial charge in [-0.3, -0.25) is 4.79 Å². The zero-order valence-electron chi connectivity index (χ0n) is 17.1. The lowest BCUT2D eigenvalue weighted by atomic mass is 10.1. The first-order valence-electron chi connectivity index (χ1n) is 10.3. The van der Waals surface area contributed by atoms with Crippen LogP contribution in [0.3, 0.4) is 0 Å². The molecule has 3 aromatic rings. The molecular weight excluding hydrogens is 362 g/mol. The van der Waals surface area contributed by atoms with Crippen LogP contribution < -0.4 is 10.3 Å². The highest BCUT2D eigenvalue weighted by atomic mass is 16.2. The zero-order valence-corrected chi connectivity index (χ0v) is 17.1. The van der Waals surface area contributed by atoms with Crippen molar-refractivity contribution in [1.82, 2.24) is 15.0 Å². The first kappa shape index (κ1) is 19.3. The second-order valence-electron chi connectivity index (χ2n) is 7.64. The van der Waals surface area contributed by atoms with Crippen LogP contribution in [0.5, 0.6) is 0 Å². The molecule has 1 aliphatic heterocycles. The van der Waals surface area contributed by atoms with Crippen molar-refractivity contribution < 1.29 is 9.69 Å². The summed E-state index contributed by atoms with van der Waals surface area (Å²) in [7, 11) is 0. The van der Waals surface area contributed by atoms with Crippen LogP contribution in [0.2, 0.25) is 0 Å². The largest absolute Gasteiger partial charge is 0.331 e. The number of aromatic nitrogens is 2. The molecular formula is C23H28N5O+. The fourth-order valence-corrected chi connectivity index (χ4v) is 4.05. The number of aryl methyl sites for hydroxylation is 2. The fourth-order valence-electron chi connectivity index (χ4n) is 4.05. The Kier molecular flexibility index (Phi) is 5.71. The maximum absolute atomic E-state index is 12.5. The minimum Gasteiger partial charge on any atom is -0.331 e. The Balaban J connectivity index is 1.34. The Bertz CT molecular complexity index is 1030. The van der Waals surface area contributed by atoms with Crippen LogP contribution in [0, 0.1) is 6.92 Å². The molecule has 150 valence electrons. The summed E-state index contributed by atoms with van der Waals surface area (Å²) in [4.78, 5) is 18.7. The van der Waals surface area contributed by atoms with Crippen LogP contribution in [0.4, 0.5) is 0 Å². The summed E-state index contributed by atoms with van der Waals surface area (Å²) in [6.07, 6.45) is 1.84. The standard InChI is InChI=1S/C23H27N5O/c1-3-28-17(2)24-21-15-19(9-10-22(21)28)23(29)26-25-20-11-13-27(14-12-20)16-18-7-5-4-6-8-18/h4-10,15H,3,11-14,16H2,1-2H3,(H,26,29)/p+1. The van der Waals surface area contributed by atoms with Gasteiger partial charge in [-0.15, -0.1) is 0 Å². The van der Waals surface area contributed by atoms with Gasteiger partial charge in [-0.1, -0.05) is 30.3 Å². The number of imidazole rings is 1. The highest BCUT2D eigenvalue weighted by molar-refractivity contribution is 5.98. The van der Waals surface area contributed by atoms with E-state index in [1.807, 2.05) is 25.1 Å². The molecule has 0 atom stereocenters. The first-order valence-corrected chi connectivity index (χ1v) is 10.3. The Morgan fingerprint density at radius 2 is 1.93 bits per heavy atom. The van der Waals surface area contributed by atoms with E-state index < -0.39 is 0 Å². The predicted molar refractivity (Wildman–Crippen MR) is 115 cm³/mol. The maximum atomic E-state index is 12.5. The molecule has 4 rings (SSSR count). The van der Waals surface area contributed by atoms with Crippen LogP contribution in [0.1, 0.15) is 41.5 Å². The van der Waals surface area contributed by atoms with Gasteiger partial charge in [0.15, 0.2) is 0 Å². The van der Waals surface area contributed by atoms with Gasteiger partial charge >= 0.3 is 0 Å². The van der Waals surface area contributed by atoms with Gasteiger partial charge in [0.25, 0.3) is 5.91 Å². The number of rotatable bonds is 5. The SMILES string of the molecule is CCn1c(C)nc2cc(C(=O)NN=C3CC[NH+](Cc4ccccc4)CC3)ccc21. The average Bonchev–Trinajstić information content (AvgIpc) is 3.07. The van der Waals surface area contributed by atoms with Crippen molar-refractivity contribution in [3.05, 3.63) is 65.5 Å². The summed E-state index contributed by atoms with van der Waals surface area (Å²) in [6.45, 7) is 8.08. The summed E-state index contributed by atoms with van der Waals surface area (Å²) in [6, 6.07) is 16.2. The summed E-state index contributed by atoms with van der Waals surface area (Å²) < 4.78 is 2.14. The van der Waals surface area contributed by atoms with Crippen molar-refractivity contribution in [2.75, 3.05) is 13.1 Å². The third-order valence-electron chi connectivity index (χ3n) is 5.66. The predicted octanol–water partition coefficient (Wildman–Crippen LogP) is 2.33. The quantitative estimate of drug-likeness (QED) is 0.657. The first-order chi connectivity index (χ1) is 14.1. The summed E-state index contributed by atoms with van der Waals surface area (Å²) in [5, 5.41) is 4.40. The molecule has 6 nitrogen and oxygen atoms in total. The van der Waals surface area contributed by atoms with Gasteiger partial charge in [-0.05, 0) is 32.0 Å². The molecule has 0 aliphatic carbocycles. The summed E-state index contributed by atoms with van der Waals surface area (Å²) in [5.41, 5.74) is 7.68. The number of hydrogen-bond acceptors (Lipinski definition) is 3. The zero-order chi connectivity index (χ0) is 20.2. The topological polar surface area (TPSA) is 63.7 Å². The molecule has 1 aromatic heterocycles. The van der Waals surface area contributed by atoms with Crippen molar-refractivity contribution in [1.29, 1.82) is 0 Å². The number of fused-ring (bicyclic) bond motifs is 1. The highest BCUT2D eigenvalue weighted by Crippen LogP contribution is 2.17. The van der Waals surface area contributed by atoms with Gasteiger partial charge < -0.3 is 9.47 Å². The third kappa shape index (κ3) is 4.38. The van der Waals surface area contributed by atoms with E-state index in [4.69, 9.17) is 0 Å². The van der Waals surface area contributed by atoms with E-state index in [1.165, 1.54) is 5.56 Å². The van der Waals surface area contributed by atoms with Crippen molar-refractivity contribution in [3.8, 4) is 0 Å². The molecule has 6 heteroatoms. The van der Waals surface area contributed by atoms with Gasteiger partial charge in [0.05, 0.1) is 24.1 Å². The number of likely N-dealkylation sites (tertiary alicyclic amines) is 1. The maximum Gasteiger partial charge on any atom is 0.271 e. The number of carbonyl (C=O) groups excluding carboxylic acids is 1. The molecule has 2 aromatic carbocycles. The van der Waals surface area contributed by atoms with Crippen molar-refractivity contribution in [2.24, 2.45) is 5.10 Å². The molecule has 0 radical (unpaired) electrons. The van der Waals surface area contributed by atoms with E-state index in [0.29, 0.717) is 5.56 Å². The summed E-state index contributed by atoms with van der Waals surface area (Å²) in [5.74, 6) is 0.784. The van der Waals surface area contributed by atoms with Crippen LogP contribution in [-0.2, 0) is 13.1 Å². The number of piperidine rings is 1. The lowest BCUT2D eigenvalue weighted by molar-refractivity contribution is -0.914. The Morgan fingerprint density at radius 3 is 2.66 bits per heavy atom. The van der Waals surface area contributed by atoms with E-state index in [1.54, 1.807) is 4.90 Å². The number of nitrogens with one attached hydrogen (secondary N) is 2. The molecule has 0 unspecified atom stereocenters. The minimum absolute atomic E-state index is 0.179. The number of hydrazone groups is 1.